The number of hydrogen-bond donors (Lipinski definition) is 3. The minimum Gasteiger partial charge on any atom is -0.481 e. The Morgan fingerprint density at radius 3 is 2.17 bits per heavy atom. The highest BCUT2D eigenvalue weighted by Gasteiger charge is 2.37. The molecule has 1 fully saturated rings. The third-order valence-corrected chi connectivity index (χ3v) is 1.81. The van der Waals surface area contributed by atoms with Crippen LogP contribution in [0.2, 0.25) is 0 Å². The van der Waals surface area contributed by atoms with E-state index in [1.165, 1.54) is 0 Å². The molecule has 0 spiro atoms. The minimum absolute atomic E-state index is 0. The molecule has 0 bridgehead atoms. The van der Waals surface area contributed by atoms with Crippen LogP contribution in [0.4, 0.5) is 0 Å². The third-order valence-electron chi connectivity index (χ3n) is 1.81. The van der Waals surface area contributed by atoms with Gasteiger partial charge in [-0.1, -0.05) is 0 Å². The number of nitrogens with one attached hydrogen (secondary N) is 1. The summed E-state index contributed by atoms with van der Waals surface area (Å²) >= 11 is 0. The van der Waals surface area contributed by atoms with E-state index >= 15 is 0 Å². The van der Waals surface area contributed by atoms with Crippen LogP contribution in [0.15, 0.2) is 0 Å². The number of carboxylic acids is 2. The van der Waals surface area contributed by atoms with E-state index < -0.39 is 23.9 Å². The summed E-state index contributed by atoms with van der Waals surface area (Å²) in [6.07, 6.45) is 0.395. The van der Waals surface area contributed by atoms with Crippen molar-refractivity contribution in [2.75, 3.05) is 6.54 Å². The minimum atomic E-state index is -1.09. The zero-order chi connectivity index (χ0) is 8.43. The van der Waals surface area contributed by atoms with Crippen LogP contribution in [-0.2, 0) is 9.59 Å². The van der Waals surface area contributed by atoms with Gasteiger partial charge in [-0.3, -0.25) is 9.59 Å². The number of halogens is 1. The van der Waals surface area contributed by atoms with Gasteiger partial charge in [0.2, 0.25) is 0 Å². The third kappa shape index (κ3) is 2.09. The molecule has 1 aliphatic heterocycles. The van der Waals surface area contributed by atoms with Gasteiger partial charge in [0.15, 0.2) is 0 Å². The highest BCUT2D eigenvalue weighted by atomic mass is 35.5. The largest absolute Gasteiger partial charge is 0.481 e. The first-order chi connectivity index (χ1) is 5.13. The van der Waals surface area contributed by atoms with E-state index in [1.807, 2.05) is 0 Å². The number of carbonyl (C=O) groups is 2. The molecule has 0 aromatic heterocycles. The molecular weight excluding hydrogens is 186 g/mol. The van der Waals surface area contributed by atoms with Crippen LogP contribution in [0.25, 0.3) is 0 Å². The maximum atomic E-state index is 10.4. The topological polar surface area (TPSA) is 86.6 Å². The SMILES string of the molecule is Cl.O=C(O)C1CCNC1C(=O)O. The zero-order valence-electron chi connectivity index (χ0n) is 6.19. The molecule has 70 valence electrons. The fraction of sp³-hybridized carbons (Fsp3) is 0.667. The molecule has 5 nitrogen and oxygen atoms in total. The Labute approximate surface area is 75.2 Å². The van der Waals surface area contributed by atoms with E-state index in [1.54, 1.807) is 0 Å². The van der Waals surface area contributed by atoms with Crippen LogP contribution in [0.1, 0.15) is 6.42 Å². The summed E-state index contributed by atoms with van der Waals surface area (Å²) in [5.74, 6) is -2.90. The molecule has 0 amide bonds. The van der Waals surface area contributed by atoms with Crippen molar-refractivity contribution in [1.29, 1.82) is 0 Å². The fourth-order valence-corrected chi connectivity index (χ4v) is 1.23. The van der Waals surface area contributed by atoms with Crippen molar-refractivity contribution in [2.45, 2.75) is 12.5 Å². The van der Waals surface area contributed by atoms with Gasteiger partial charge in [-0.25, -0.2) is 0 Å². The molecule has 12 heavy (non-hydrogen) atoms. The smallest absolute Gasteiger partial charge is 0.321 e. The molecule has 1 saturated heterocycles. The van der Waals surface area contributed by atoms with Gasteiger partial charge < -0.3 is 15.5 Å². The van der Waals surface area contributed by atoms with Crippen molar-refractivity contribution in [3.05, 3.63) is 0 Å². The van der Waals surface area contributed by atoms with Gasteiger partial charge in [-0.15, -0.1) is 12.4 Å². The molecule has 2 unspecified atom stereocenters. The first-order valence-electron chi connectivity index (χ1n) is 3.32. The lowest BCUT2D eigenvalue weighted by molar-refractivity contribution is -0.149. The summed E-state index contributed by atoms with van der Waals surface area (Å²) in [6.45, 7) is 0.466. The number of hydrogen-bond acceptors (Lipinski definition) is 3. The van der Waals surface area contributed by atoms with E-state index in [9.17, 15) is 9.59 Å². The van der Waals surface area contributed by atoms with Crippen molar-refractivity contribution in [3.8, 4) is 0 Å². The van der Waals surface area contributed by atoms with Gasteiger partial charge in [-0.05, 0) is 13.0 Å². The molecule has 0 aromatic carbocycles. The molecule has 1 rings (SSSR count). The summed E-state index contributed by atoms with van der Waals surface area (Å²) in [4.78, 5) is 20.8. The molecule has 0 aliphatic carbocycles. The molecule has 0 saturated carbocycles. The highest BCUT2D eigenvalue weighted by molar-refractivity contribution is 5.85. The van der Waals surface area contributed by atoms with Gasteiger partial charge in [0.1, 0.15) is 6.04 Å². The average molecular weight is 196 g/mol. The van der Waals surface area contributed by atoms with Crippen LogP contribution >= 0.6 is 12.4 Å². The number of rotatable bonds is 2. The average Bonchev–Trinajstić information content (AvgIpc) is 2.32. The second-order valence-electron chi connectivity index (χ2n) is 2.50. The Balaban J connectivity index is 0.00000121. The maximum absolute atomic E-state index is 10.4. The van der Waals surface area contributed by atoms with Crippen molar-refractivity contribution in [2.24, 2.45) is 5.92 Å². The van der Waals surface area contributed by atoms with Gasteiger partial charge >= 0.3 is 11.9 Å². The fourth-order valence-electron chi connectivity index (χ4n) is 1.23. The normalized spacial score (nSPS) is 27.7. The van der Waals surface area contributed by atoms with E-state index in [-0.39, 0.29) is 12.4 Å². The molecule has 3 N–H and O–H groups in total. The summed E-state index contributed by atoms with van der Waals surface area (Å²) < 4.78 is 0. The molecular formula is C6H10ClNO4. The lowest BCUT2D eigenvalue weighted by atomic mass is 10.0. The Kier molecular flexibility index (Phi) is 3.99. The summed E-state index contributed by atoms with van der Waals surface area (Å²) in [6, 6.07) is -0.910. The number of carboxylic acid groups (broad SMARTS) is 2. The van der Waals surface area contributed by atoms with Crippen molar-refractivity contribution >= 4 is 24.3 Å². The molecule has 2 atom stereocenters. The molecule has 0 aromatic rings. The predicted octanol–water partition coefficient (Wildman–Crippen LogP) is -0.445. The Bertz CT molecular complexity index is 176. The summed E-state index contributed by atoms with van der Waals surface area (Å²) in [5.41, 5.74) is 0. The summed E-state index contributed by atoms with van der Waals surface area (Å²) in [7, 11) is 0. The standard InChI is InChI=1S/C6H9NO4.ClH/c8-5(9)3-1-2-7-4(3)6(10)11;/h3-4,7H,1-2H2,(H,8,9)(H,10,11);1H. The maximum Gasteiger partial charge on any atom is 0.321 e. The van der Waals surface area contributed by atoms with Crippen LogP contribution < -0.4 is 5.32 Å². The second-order valence-corrected chi connectivity index (χ2v) is 2.50. The Morgan fingerprint density at radius 2 is 1.83 bits per heavy atom. The lowest BCUT2D eigenvalue weighted by Crippen LogP contribution is -2.38. The molecule has 6 heteroatoms. The van der Waals surface area contributed by atoms with Gasteiger partial charge in [0.05, 0.1) is 5.92 Å². The van der Waals surface area contributed by atoms with Gasteiger partial charge in [0, 0.05) is 0 Å². The van der Waals surface area contributed by atoms with E-state index in [2.05, 4.69) is 5.32 Å². The molecule has 0 radical (unpaired) electrons. The van der Waals surface area contributed by atoms with Crippen molar-refractivity contribution in [3.63, 3.8) is 0 Å². The predicted molar refractivity (Wildman–Crippen MR) is 42.4 cm³/mol. The van der Waals surface area contributed by atoms with Crippen LogP contribution in [0, 0.1) is 5.92 Å². The van der Waals surface area contributed by atoms with E-state index in [0.29, 0.717) is 13.0 Å². The first kappa shape index (κ1) is 11.2. The van der Waals surface area contributed by atoms with E-state index in [0.717, 1.165) is 0 Å². The lowest BCUT2D eigenvalue weighted by Gasteiger charge is -2.09. The monoisotopic (exact) mass is 195 g/mol. The quantitative estimate of drug-likeness (QED) is 0.556. The van der Waals surface area contributed by atoms with E-state index in [4.69, 9.17) is 10.2 Å². The van der Waals surface area contributed by atoms with Crippen molar-refractivity contribution < 1.29 is 19.8 Å². The molecule has 1 heterocycles. The Morgan fingerprint density at radius 1 is 1.25 bits per heavy atom. The zero-order valence-corrected chi connectivity index (χ0v) is 7.00. The van der Waals surface area contributed by atoms with Crippen LogP contribution in [-0.4, -0.2) is 34.7 Å². The summed E-state index contributed by atoms with van der Waals surface area (Å²) in [5, 5.41) is 19.6. The van der Waals surface area contributed by atoms with Crippen LogP contribution in [0.3, 0.4) is 0 Å². The molecule has 1 aliphatic rings. The first-order valence-corrected chi connectivity index (χ1v) is 3.32. The van der Waals surface area contributed by atoms with Gasteiger partial charge in [-0.2, -0.15) is 0 Å². The second kappa shape index (κ2) is 4.27. The van der Waals surface area contributed by atoms with Gasteiger partial charge in [0.25, 0.3) is 0 Å². The van der Waals surface area contributed by atoms with Crippen molar-refractivity contribution in [1.82, 2.24) is 5.32 Å². The highest BCUT2D eigenvalue weighted by Crippen LogP contribution is 2.15. The Hall–Kier alpha value is -0.810. The number of aliphatic carboxylic acids is 2. The van der Waals surface area contributed by atoms with Crippen LogP contribution in [0.5, 0.6) is 0 Å².